The SMILES string of the molecule is CC1COc2ccc(Oc3ccnc4c3CCC(=O)N4)cc21.CNC(=O)c1ccc(CN2CCNCC2)c(C(F)(F)F)c1. The summed E-state index contributed by atoms with van der Waals surface area (Å²) >= 11 is 0. The van der Waals surface area contributed by atoms with Gasteiger partial charge in [-0.25, -0.2) is 4.98 Å². The Hall–Kier alpha value is -4.16. The van der Waals surface area contributed by atoms with Crippen LogP contribution in [0.3, 0.4) is 0 Å². The molecule has 1 atom stereocenters. The van der Waals surface area contributed by atoms with Gasteiger partial charge < -0.3 is 25.4 Å². The molecule has 12 heteroatoms. The quantitative estimate of drug-likeness (QED) is 0.391. The summed E-state index contributed by atoms with van der Waals surface area (Å²) in [6.07, 6.45) is -1.70. The lowest BCUT2D eigenvalue weighted by Crippen LogP contribution is -2.43. The summed E-state index contributed by atoms with van der Waals surface area (Å²) in [7, 11) is 1.39. The summed E-state index contributed by atoms with van der Waals surface area (Å²) in [4.78, 5) is 29.1. The number of fused-ring (bicyclic) bond motifs is 2. The molecule has 1 unspecified atom stereocenters. The van der Waals surface area contributed by atoms with E-state index >= 15 is 0 Å². The van der Waals surface area contributed by atoms with Gasteiger partial charge >= 0.3 is 6.18 Å². The predicted molar refractivity (Wildman–Crippen MR) is 155 cm³/mol. The Morgan fingerprint density at radius 3 is 2.67 bits per heavy atom. The molecule has 43 heavy (non-hydrogen) atoms. The van der Waals surface area contributed by atoms with Crippen LogP contribution in [0.1, 0.15) is 51.9 Å². The van der Waals surface area contributed by atoms with Gasteiger partial charge in [0.15, 0.2) is 0 Å². The molecular formula is C31H34F3N5O4. The fraction of sp³-hybridized carbons (Fsp3) is 0.387. The number of amides is 2. The largest absolute Gasteiger partial charge is 0.493 e. The van der Waals surface area contributed by atoms with E-state index in [0.29, 0.717) is 37.7 Å². The molecule has 3 aliphatic rings. The average molecular weight is 598 g/mol. The smallest absolute Gasteiger partial charge is 0.416 e. The zero-order chi connectivity index (χ0) is 30.6. The number of ether oxygens (including phenoxy) is 2. The molecule has 1 aromatic heterocycles. The minimum atomic E-state index is -4.46. The summed E-state index contributed by atoms with van der Waals surface area (Å²) in [5.41, 5.74) is 1.62. The van der Waals surface area contributed by atoms with Crippen LogP contribution >= 0.6 is 0 Å². The molecule has 4 heterocycles. The average Bonchev–Trinajstić information content (AvgIpc) is 3.37. The van der Waals surface area contributed by atoms with Crippen molar-refractivity contribution < 1.29 is 32.2 Å². The molecule has 3 aliphatic heterocycles. The highest BCUT2D eigenvalue weighted by Crippen LogP contribution is 2.39. The molecule has 9 nitrogen and oxygen atoms in total. The number of aromatic nitrogens is 1. The molecule has 0 spiro atoms. The molecule has 0 saturated carbocycles. The van der Waals surface area contributed by atoms with Gasteiger partial charge in [-0.3, -0.25) is 14.5 Å². The van der Waals surface area contributed by atoms with Crippen LogP contribution in [0.15, 0.2) is 48.7 Å². The highest BCUT2D eigenvalue weighted by atomic mass is 19.4. The summed E-state index contributed by atoms with van der Waals surface area (Å²) in [5.74, 6) is 2.92. The molecule has 0 radical (unpaired) electrons. The number of nitrogens with one attached hydrogen (secondary N) is 3. The monoisotopic (exact) mass is 597 g/mol. The molecule has 1 saturated heterocycles. The number of carbonyl (C=O) groups is 2. The summed E-state index contributed by atoms with van der Waals surface area (Å²) in [6, 6.07) is 11.5. The van der Waals surface area contributed by atoms with Crippen LogP contribution in [0.2, 0.25) is 0 Å². The maximum atomic E-state index is 13.2. The van der Waals surface area contributed by atoms with Crippen molar-refractivity contribution in [1.82, 2.24) is 20.5 Å². The maximum Gasteiger partial charge on any atom is 0.416 e. The molecule has 228 valence electrons. The Bertz CT molecular complexity index is 1490. The van der Waals surface area contributed by atoms with Crippen molar-refractivity contribution in [2.45, 2.75) is 38.4 Å². The standard InChI is InChI=1S/C17H16N2O3.C14H18F3N3O/c1-10-9-21-14-4-2-11(8-13(10)14)22-15-6-7-18-17-12(15)3-5-16(20)19-17;1-18-13(21)10-2-3-11(12(8-10)14(15,16)17)9-20-6-4-19-5-7-20/h2,4,6-8,10H,3,5,9H2,1H3,(H,18,19,20);2-3,8,19H,4-7,9H2,1H3,(H,18,21). The van der Waals surface area contributed by atoms with E-state index in [4.69, 9.17) is 9.47 Å². The molecule has 3 N–H and O–H groups in total. The van der Waals surface area contributed by atoms with Crippen LogP contribution in [0.25, 0.3) is 0 Å². The van der Waals surface area contributed by atoms with Gasteiger partial charge in [-0.1, -0.05) is 13.0 Å². The Morgan fingerprint density at radius 2 is 1.93 bits per heavy atom. The van der Waals surface area contributed by atoms with E-state index in [1.165, 1.54) is 24.7 Å². The summed E-state index contributed by atoms with van der Waals surface area (Å²) in [6.45, 7) is 6.08. The Labute approximate surface area is 247 Å². The van der Waals surface area contributed by atoms with Gasteiger partial charge in [0.2, 0.25) is 5.91 Å². The normalized spacial score (nSPS) is 17.9. The number of anilines is 1. The lowest BCUT2D eigenvalue weighted by molar-refractivity contribution is -0.138. The summed E-state index contributed by atoms with van der Waals surface area (Å²) < 4.78 is 51.2. The van der Waals surface area contributed by atoms with E-state index in [1.54, 1.807) is 6.20 Å². The van der Waals surface area contributed by atoms with Crippen LogP contribution in [-0.4, -0.2) is 61.5 Å². The van der Waals surface area contributed by atoms with Gasteiger partial charge in [0, 0.05) is 75.0 Å². The second-order valence-corrected chi connectivity index (χ2v) is 10.7. The van der Waals surface area contributed by atoms with Crippen LogP contribution < -0.4 is 25.4 Å². The third-order valence-corrected chi connectivity index (χ3v) is 7.61. The number of halogens is 3. The van der Waals surface area contributed by atoms with E-state index in [0.717, 1.165) is 48.6 Å². The molecular weight excluding hydrogens is 563 g/mol. The van der Waals surface area contributed by atoms with Crippen molar-refractivity contribution in [1.29, 1.82) is 0 Å². The number of hydrogen-bond acceptors (Lipinski definition) is 7. The zero-order valence-corrected chi connectivity index (χ0v) is 24.0. The van der Waals surface area contributed by atoms with Crippen molar-refractivity contribution in [3.8, 4) is 17.2 Å². The number of pyridine rings is 1. The number of hydrogen-bond donors (Lipinski definition) is 3. The second-order valence-electron chi connectivity index (χ2n) is 10.7. The van der Waals surface area contributed by atoms with E-state index in [-0.39, 0.29) is 23.6 Å². The van der Waals surface area contributed by atoms with E-state index in [9.17, 15) is 22.8 Å². The minimum Gasteiger partial charge on any atom is -0.493 e. The first-order valence-corrected chi connectivity index (χ1v) is 14.2. The van der Waals surface area contributed by atoms with Gasteiger partial charge in [-0.15, -0.1) is 0 Å². The highest BCUT2D eigenvalue weighted by Gasteiger charge is 2.34. The molecule has 3 aromatic rings. The maximum absolute atomic E-state index is 13.2. The van der Waals surface area contributed by atoms with Crippen molar-refractivity contribution in [2.75, 3.05) is 45.2 Å². The van der Waals surface area contributed by atoms with Crippen LogP contribution in [-0.2, 0) is 23.9 Å². The number of nitrogens with zero attached hydrogens (tertiary/aromatic N) is 2. The first-order chi connectivity index (χ1) is 20.6. The van der Waals surface area contributed by atoms with Crippen molar-refractivity contribution in [2.24, 2.45) is 0 Å². The molecule has 0 aliphatic carbocycles. The van der Waals surface area contributed by atoms with Crippen molar-refractivity contribution >= 4 is 17.6 Å². The van der Waals surface area contributed by atoms with Crippen molar-refractivity contribution in [3.63, 3.8) is 0 Å². The van der Waals surface area contributed by atoms with Gasteiger partial charge in [0.25, 0.3) is 5.91 Å². The molecule has 1 fully saturated rings. The Morgan fingerprint density at radius 1 is 1.14 bits per heavy atom. The first-order valence-electron chi connectivity index (χ1n) is 14.2. The van der Waals surface area contributed by atoms with Gasteiger partial charge in [-0.2, -0.15) is 13.2 Å². The van der Waals surface area contributed by atoms with E-state index < -0.39 is 17.6 Å². The molecule has 2 aromatic carbocycles. The van der Waals surface area contributed by atoms with Crippen LogP contribution in [0.5, 0.6) is 17.2 Å². The van der Waals surface area contributed by atoms with Gasteiger partial charge in [-0.05, 0) is 48.4 Å². The third kappa shape index (κ3) is 7.26. The molecule has 0 bridgehead atoms. The Balaban J connectivity index is 0.000000172. The number of piperazine rings is 1. The topological polar surface area (TPSA) is 105 Å². The first kappa shape index (κ1) is 30.3. The van der Waals surface area contributed by atoms with E-state index in [1.807, 2.05) is 29.2 Å². The van der Waals surface area contributed by atoms with Crippen LogP contribution in [0.4, 0.5) is 19.0 Å². The molecule has 2 amide bonds. The minimum absolute atomic E-state index is 0.000606. The van der Waals surface area contributed by atoms with Crippen molar-refractivity contribution in [3.05, 3.63) is 76.5 Å². The number of benzene rings is 2. The van der Waals surface area contributed by atoms with Gasteiger partial charge in [0.1, 0.15) is 23.1 Å². The summed E-state index contributed by atoms with van der Waals surface area (Å²) in [5, 5.41) is 8.28. The lowest BCUT2D eigenvalue weighted by Gasteiger charge is -2.28. The fourth-order valence-electron chi connectivity index (χ4n) is 5.26. The highest BCUT2D eigenvalue weighted by molar-refractivity contribution is 5.94. The lowest BCUT2D eigenvalue weighted by atomic mass is 10.0. The van der Waals surface area contributed by atoms with E-state index in [2.05, 4.69) is 27.9 Å². The predicted octanol–water partition coefficient (Wildman–Crippen LogP) is 4.72. The Kier molecular flexibility index (Phi) is 9.16. The fourth-order valence-corrected chi connectivity index (χ4v) is 5.26. The number of rotatable bonds is 5. The molecule has 6 rings (SSSR count). The number of alkyl halides is 3. The zero-order valence-electron chi connectivity index (χ0n) is 24.0. The third-order valence-electron chi connectivity index (χ3n) is 7.61. The number of carbonyl (C=O) groups excluding carboxylic acids is 2. The van der Waals surface area contributed by atoms with Crippen LogP contribution in [0, 0.1) is 0 Å². The second kappa shape index (κ2) is 13.0. The van der Waals surface area contributed by atoms with Gasteiger partial charge in [0.05, 0.1) is 12.2 Å².